The number of aromatic hydroxyl groups is 1. The number of rotatable bonds is 13. The van der Waals surface area contributed by atoms with Gasteiger partial charge in [0.2, 0.25) is 0 Å². The Morgan fingerprint density at radius 1 is 1.16 bits per heavy atom. The topological polar surface area (TPSA) is 90.7 Å². The molecule has 0 aliphatic heterocycles. The molecule has 2 N–H and O–H groups in total. The summed E-state index contributed by atoms with van der Waals surface area (Å²) in [5, 5.41) is 14.2. The Morgan fingerprint density at radius 3 is 2.65 bits per heavy atom. The molecule has 1 aromatic heterocycles. The Hall–Kier alpha value is -2.61. The number of hydrogen-bond acceptors (Lipinski definition) is 7. The number of anilines is 1. The lowest BCUT2D eigenvalue weighted by atomic mass is 10.2. The molecule has 0 fully saturated rings. The number of nitrogens with one attached hydrogen (secondary N) is 1. The molecule has 0 saturated carbocycles. The molecular weight excluding hydrogens is 410 g/mol. The Kier molecular flexibility index (Phi) is 10.9. The Labute approximate surface area is 189 Å². The minimum atomic E-state index is -0.255. The first-order chi connectivity index (χ1) is 15.0. The number of carbonyl (C=O) groups excluding carboxylic acids is 1. The van der Waals surface area contributed by atoms with Gasteiger partial charge in [-0.15, -0.1) is 0 Å². The van der Waals surface area contributed by atoms with Crippen molar-refractivity contribution < 1.29 is 9.90 Å². The maximum Gasteiger partial charge on any atom is 0.250 e. The van der Waals surface area contributed by atoms with Crippen LogP contribution in [0, 0.1) is 6.92 Å². The van der Waals surface area contributed by atoms with E-state index in [9.17, 15) is 9.90 Å². The number of amides is 1. The second-order valence-electron chi connectivity index (χ2n) is 7.34. The molecule has 168 valence electrons. The number of aryl methyl sites for hydroxylation is 1. The number of benzene rings is 1. The fraction of sp³-hybridized carbons (Fsp3) is 0.478. The van der Waals surface area contributed by atoms with Gasteiger partial charge in [0.1, 0.15) is 11.6 Å². The van der Waals surface area contributed by atoms with E-state index in [2.05, 4.69) is 34.3 Å². The summed E-state index contributed by atoms with van der Waals surface area (Å²) in [6.07, 6.45) is 7.21. The highest BCUT2D eigenvalue weighted by atomic mass is 32.2. The maximum atomic E-state index is 12.1. The average molecular weight is 444 g/mol. The summed E-state index contributed by atoms with van der Waals surface area (Å²) in [4.78, 5) is 23.6. The molecule has 2 rings (SSSR count). The predicted octanol–water partition coefficient (Wildman–Crippen LogP) is 4.53. The fourth-order valence-corrected chi connectivity index (χ4v) is 3.62. The number of aromatic nitrogens is 2. The van der Waals surface area contributed by atoms with Gasteiger partial charge in [0.25, 0.3) is 5.91 Å². The van der Waals surface area contributed by atoms with E-state index in [0.29, 0.717) is 10.7 Å². The van der Waals surface area contributed by atoms with Crippen LogP contribution in [-0.2, 0) is 4.79 Å². The number of unbranched alkanes of at least 4 members (excludes halogenated alkanes) is 3. The lowest BCUT2D eigenvalue weighted by Crippen LogP contribution is -2.27. The van der Waals surface area contributed by atoms with E-state index in [1.165, 1.54) is 30.8 Å². The van der Waals surface area contributed by atoms with Crippen LogP contribution in [0.4, 0.5) is 5.82 Å². The lowest BCUT2D eigenvalue weighted by molar-refractivity contribution is -0.118. The van der Waals surface area contributed by atoms with Gasteiger partial charge in [-0.05, 0) is 31.9 Å². The molecule has 0 aliphatic carbocycles. The van der Waals surface area contributed by atoms with Crippen molar-refractivity contribution in [1.82, 2.24) is 15.4 Å². The van der Waals surface area contributed by atoms with E-state index in [-0.39, 0.29) is 17.4 Å². The number of carbonyl (C=O) groups is 1. The first-order valence-corrected chi connectivity index (χ1v) is 11.8. The zero-order valence-electron chi connectivity index (χ0n) is 18.7. The van der Waals surface area contributed by atoms with Crippen LogP contribution in [-0.4, -0.2) is 46.0 Å². The minimum Gasteiger partial charge on any atom is -0.507 e. The Bertz CT molecular complexity index is 860. The van der Waals surface area contributed by atoms with E-state index in [1.807, 2.05) is 13.0 Å². The highest BCUT2D eigenvalue weighted by Crippen LogP contribution is 2.20. The summed E-state index contributed by atoms with van der Waals surface area (Å²) in [6.45, 7) is 8.31. The Balaban J connectivity index is 1.95. The fourth-order valence-electron chi connectivity index (χ4n) is 2.93. The zero-order chi connectivity index (χ0) is 22.5. The monoisotopic (exact) mass is 443 g/mol. The molecule has 1 aromatic carbocycles. The third-order valence-electron chi connectivity index (χ3n) is 4.62. The smallest absolute Gasteiger partial charge is 0.250 e. The number of phenolic OH excluding ortho intramolecular Hbond substituents is 1. The molecule has 0 bridgehead atoms. The van der Waals surface area contributed by atoms with Crippen molar-refractivity contribution in [3.8, 4) is 5.75 Å². The van der Waals surface area contributed by atoms with Crippen LogP contribution in [0.15, 0.2) is 40.6 Å². The lowest BCUT2D eigenvalue weighted by Gasteiger charge is -2.24. The number of hydrogen-bond donors (Lipinski definition) is 2. The van der Waals surface area contributed by atoms with E-state index in [0.717, 1.165) is 43.9 Å². The number of nitrogens with zero attached hydrogens (tertiary/aromatic N) is 4. The molecule has 0 saturated heterocycles. The number of para-hydroxylation sites is 1. The van der Waals surface area contributed by atoms with Gasteiger partial charge in [-0.3, -0.25) is 4.79 Å². The van der Waals surface area contributed by atoms with Crippen molar-refractivity contribution in [3.63, 3.8) is 0 Å². The molecule has 2 aromatic rings. The molecule has 31 heavy (non-hydrogen) atoms. The summed E-state index contributed by atoms with van der Waals surface area (Å²) in [5.74, 6) is 0.944. The second-order valence-corrected chi connectivity index (χ2v) is 8.28. The summed E-state index contributed by atoms with van der Waals surface area (Å²) in [6, 6.07) is 8.81. The SMILES string of the molecule is CCCCCN(CCCC)c1cc(C)nc(SCC(=O)NN=Cc2ccccc2O)n1. The zero-order valence-corrected chi connectivity index (χ0v) is 19.5. The van der Waals surface area contributed by atoms with Crippen LogP contribution >= 0.6 is 11.8 Å². The predicted molar refractivity (Wildman–Crippen MR) is 128 cm³/mol. The molecule has 1 heterocycles. The van der Waals surface area contributed by atoms with Crippen molar-refractivity contribution in [2.24, 2.45) is 5.10 Å². The van der Waals surface area contributed by atoms with Crippen LogP contribution in [0.25, 0.3) is 0 Å². The highest BCUT2D eigenvalue weighted by Gasteiger charge is 2.12. The first-order valence-electron chi connectivity index (χ1n) is 10.9. The van der Waals surface area contributed by atoms with Gasteiger partial charge >= 0.3 is 0 Å². The molecule has 0 unspecified atom stereocenters. The van der Waals surface area contributed by atoms with Gasteiger partial charge < -0.3 is 10.0 Å². The van der Waals surface area contributed by atoms with Crippen LogP contribution in [0.3, 0.4) is 0 Å². The highest BCUT2D eigenvalue weighted by molar-refractivity contribution is 7.99. The number of hydrazone groups is 1. The molecule has 8 heteroatoms. The summed E-state index contributed by atoms with van der Waals surface area (Å²) < 4.78 is 0. The molecule has 0 spiro atoms. The second kappa shape index (κ2) is 13.6. The van der Waals surface area contributed by atoms with E-state index in [1.54, 1.807) is 24.3 Å². The summed E-state index contributed by atoms with van der Waals surface area (Å²) in [7, 11) is 0. The summed E-state index contributed by atoms with van der Waals surface area (Å²) >= 11 is 1.29. The standard InChI is InChI=1S/C23H33N5O2S/c1-4-6-10-14-28(13-7-5-2)21-15-18(3)25-23(26-21)31-17-22(30)27-24-16-19-11-8-9-12-20(19)29/h8-9,11-12,15-16,29H,4-7,10,13-14,17H2,1-3H3,(H,27,30). The van der Waals surface area contributed by atoms with Crippen LogP contribution < -0.4 is 10.3 Å². The molecule has 0 radical (unpaired) electrons. The largest absolute Gasteiger partial charge is 0.507 e. The van der Waals surface area contributed by atoms with Crippen LogP contribution in [0.1, 0.15) is 57.2 Å². The minimum absolute atomic E-state index is 0.113. The van der Waals surface area contributed by atoms with Crippen LogP contribution in [0.5, 0.6) is 5.75 Å². The van der Waals surface area contributed by atoms with E-state index < -0.39 is 0 Å². The number of phenols is 1. The van der Waals surface area contributed by atoms with E-state index >= 15 is 0 Å². The van der Waals surface area contributed by atoms with Crippen LogP contribution in [0.2, 0.25) is 0 Å². The van der Waals surface area contributed by atoms with Gasteiger partial charge in [0.15, 0.2) is 5.16 Å². The summed E-state index contributed by atoms with van der Waals surface area (Å²) in [5.41, 5.74) is 3.91. The van der Waals surface area contributed by atoms with Crippen molar-refractivity contribution in [1.29, 1.82) is 0 Å². The molecule has 7 nitrogen and oxygen atoms in total. The third-order valence-corrected chi connectivity index (χ3v) is 5.47. The normalized spacial score (nSPS) is 11.1. The third kappa shape index (κ3) is 8.96. The van der Waals surface area contributed by atoms with Crippen molar-refractivity contribution in [2.45, 2.75) is 58.0 Å². The van der Waals surface area contributed by atoms with E-state index in [4.69, 9.17) is 4.98 Å². The Morgan fingerprint density at radius 2 is 1.90 bits per heavy atom. The first kappa shape index (κ1) is 24.7. The van der Waals surface area contributed by atoms with Gasteiger partial charge in [-0.2, -0.15) is 5.10 Å². The quantitative estimate of drug-likeness (QED) is 0.155. The molecule has 1 amide bonds. The average Bonchev–Trinajstić information content (AvgIpc) is 2.75. The molecule has 0 atom stereocenters. The number of thioether (sulfide) groups is 1. The van der Waals surface area contributed by atoms with Gasteiger partial charge in [0.05, 0.1) is 12.0 Å². The maximum absolute atomic E-state index is 12.1. The van der Waals surface area contributed by atoms with Crippen molar-refractivity contribution in [2.75, 3.05) is 23.7 Å². The molecular formula is C23H33N5O2S. The molecule has 0 aliphatic rings. The van der Waals surface area contributed by atoms with Crippen molar-refractivity contribution in [3.05, 3.63) is 41.6 Å². The van der Waals surface area contributed by atoms with Gasteiger partial charge in [0, 0.05) is 30.4 Å². The van der Waals surface area contributed by atoms with Crippen molar-refractivity contribution >= 4 is 29.7 Å². The van der Waals surface area contributed by atoms with Gasteiger partial charge in [-0.1, -0.05) is 57.0 Å². The van der Waals surface area contributed by atoms with Gasteiger partial charge in [-0.25, -0.2) is 15.4 Å².